The van der Waals surface area contributed by atoms with Crippen LogP contribution in [0.3, 0.4) is 0 Å². The molecule has 1 N–H and O–H groups in total. The van der Waals surface area contributed by atoms with Crippen molar-refractivity contribution in [3.8, 4) is 0 Å². The Labute approximate surface area is 92.8 Å². The number of hydrogen-bond donors (Lipinski definition) is 1. The largest absolute Gasteiger partial charge is 1.00 e. The Hall–Kier alpha value is 0.170. The van der Waals surface area contributed by atoms with Crippen molar-refractivity contribution in [3.63, 3.8) is 0 Å². The van der Waals surface area contributed by atoms with Crippen LogP contribution in [0.2, 0.25) is 0 Å². The smallest absolute Gasteiger partial charge is 0.550 e. The quantitative estimate of drug-likeness (QED) is 0.326. The molecular weight excluding hydrogens is 167 g/mol. The van der Waals surface area contributed by atoms with Gasteiger partial charge in [-0.1, -0.05) is 12.2 Å². The summed E-state index contributed by atoms with van der Waals surface area (Å²) in [7, 11) is 0. The zero-order valence-corrected chi connectivity index (χ0v) is 8.93. The minimum absolute atomic E-state index is 0. The van der Waals surface area contributed by atoms with E-state index in [1.54, 1.807) is 6.08 Å². The van der Waals surface area contributed by atoms with E-state index in [0.717, 1.165) is 0 Å². The molecule has 2 bridgehead atoms. The molecule has 4 heteroatoms. The summed E-state index contributed by atoms with van der Waals surface area (Å²) in [6.45, 7) is 0. The predicted octanol–water partition coefficient (Wildman–Crippen LogP) is -4.08. The summed E-state index contributed by atoms with van der Waals surface area (Å²) in [4.78, 5) is 10.5. The minimum atomic E-state index is -1.03. The Morgan fingerprint density at radius 1 is 1.50 bits per heavy atom. The van der Waals surface area contributed by atoms with E-state index in [2.05, 4.69) is 0 Å². The van der Waals surface area contributed by atoms with Gasteiger partial charge in [0.2, 0.25) is 0 Å². The molecule has 0 heterocycles. The number of rotatable bonds is 1. The number of aliphatic carboxylic acids is 1. The van der Waals surface area contributed by atoms with Gasteiger partial charge in [0.25, 0.3) is 0 Å². The summed E-state index contributed by atoms with van der Waals surface area (Å²) in [5.74, 6) is -1.62. The van der Waals surface area contributed by atoms with E-state index >= 15 is 0 Å². The van der Waals surface area contributed by atoms with Gasteiger partial charge in [0, 0.05) is 23.7 Å². The summed E-state index contributed by atoms with van der Waals surface area (Å²) >= 11 is 0. The molecule has 4 atom stereocenters. The molecule has 1 fully saturated rings. The van der Waals surface area contributed by atoms with Crippen LogP contribution in [-0.4, -0.2) is 17.2 Å². The number of aliphatic hydroxyl groups excluding tert-OH is 1. The monoisotopic (exact) mass is 176 g/mol. The van der Waals surface area contributed by atoms with Crippen molar-refractivity contribution in [2.75, 3.05) is 0 Å². The van der Waals surface area contributed by atoms with Crippen molar-refractivity contribution in [2.45, 2.75) is 12.5 Å². The molecule has 0 radical (unpaired) electrons. The maximum Gasteiger partial charge on any atom is 1.00 e. The molecular formula is C8H9NaO3. The Balaban J connectivity index is 0.000000720. The first-order chi connectivity index (χ1) is 5.20. The van der Waals surface area contributed by atoms with E-state index in [4.69, 9.17) is 0 Å². The van der Waals surface area contributed by atoms with Crippen LogP contribution in [0.25, 0.3) is 0 Å². The average Bonchev–Trinajstić information content (AvgIpc) is 2.46. The van der Waals surface area contributed by atoms with Crippen LogP contribution in [0.5, 0.6) is 0 Å². The Morgan fingerprint density at radius 2 is 2.17 bits per heavy atom. The molecule has 0 aromatic rings. The van der Waals surface area contributed by atoms with Crippen LogP contribution in [0, 0.1) is 17.8 Å². The molecule has 12 heavy (non-hydrogen) atoms. The third kappa shape index (κ3) is 1.35. The second-order valence-electron chi connectivity index (χ2n) is 3.28. The molecule has 0 unspecified atom stereocenters. The molecule has 60 valence electrons. The van der Waals surface area contributed by atoms with Gasteiger partial charge >= 0.3 is 29.6 Å². The topological polar surface area (TPSA) is 60.4 Å². The van der Waals surface area contributed by atoms with E-state index in [0.29, 0.717) is 6.42 Å². The number of hydrogen-bond acceptors (Lipinski definition) is 3. The fraction of sp³-hybridized carbons (Fsp3) is 0.625. The molecule has 1 saturated carbocycles. The molecule has 0 aliphatic heterocycles. The van der Waals surface area contributed by atoms with Crippen LogP contribution >= 0.6 is 0 Å². The Bertz CT molecular complexity index is 226. The maximum atomic E-state index is 10.5. The van der Waals surface area contributed by atoms with Crippen molar-refractivity contribution >= 4 is 5.97 Å². The second-order valence-corrected chi connectivity index (χ2v) is 3.28. The predicted molar refractivity (Wildman–Crippen MR) is 35.2 cm³/mol. The number of carbonyl (C=O) groups is 1. The molecule has 0 aromatic carbocycles. The van der Waals surface area contributed by atoms with Gasteiger partial charge in [0.15, 0.2) is 0 Å². The number of carboxylic acid groups (broad SMARTS) is 1. The summed E-state index contributed by atoms with van der Waals surface area (Å²) in [5, 5.41) is 19.9. The number of aliphatic hydroxyl groups is 1. The standard InChI is InChI=1S/C8H10O3.Na/c9-7-4-1-2-5(7)6(3-4)8(10)11;/h1-2,4-7,9H,3H2,(H,10,11);/q;+1/p-1/t4-,5+,6+,7-;/m1./s1. The first-order valence-electron chi connectivity index (χ1n) is 3.77. The fourth-order valence-electron chi connectivity index (χ4n) is 2.08. The summed E-state index contributed by atoms with van der Waals surface area (Å²) in [6.07, 6.45) is 3.76. The van der Waals surface area contributed by atoms with E-state index < -0.39 is 18.0 Å². The Morgan fingerprint density at radius 3 is 2.42 bits per heavy atom. The third-order valence-electron chi connectivity index (χ3n) is 2.71. The molecule has 0 spiro atoms. The normalized spacial score (nSPS) is 42.8. The zero-order chi connectivity index (χ0) is 8.01. The number of fused-ring (bicyclic) bond motifs is 2. The van der Waals surface area contributed by atoms with Gasteiger partial charge in [-0.2, -0.15) is 0 Å². The van der Waals surface area contributed by atoms with Crippen molar-refractivity contribution in [1.29, 1.82) is 0 Å². The van der Waals surface area contributed by atoms with Gasteiger partial charge < -0.3 is 15.0 Å². The maximum absolute atomic E-state index is 10.5. The summed E-state index contributed by atoms with van der Waals surface area (Å²) in [5.41, 5.74) is 0. The summed E-state index contributed by atoms with van der Waals surface area (Å²) < 4.78 is 0. The van der Waals surface area contributed by atoms with Crippen LogP contribution < -0.4 is 34.7 Å². The molecule has 2 aliphatic rings. The van der Waals surface area contributed by atoms with Crippen LogP contribution in [-0.2, 0) is 4.79 Å². The van der Waals surface area contributed by atoms with Crippen molar-refractivity contribution < 1.29 is 44.6 Å². The van der Waals surface area contributed by atoms with Gasteiger partial charge in [-0.3, -0.25) is 0 Å². The number of carboxylic acids is 1. The molecule has 2 aliphatic carbocycles. The van der Waals surface area contributed by atoms with Crippen LogP contribution in [0.1, 0.15) is 6.42 Å². The van der Waals surface area contributed by atoms with Gasteiger partial charge in [-0.15, -0.1) is 0 Å². The number of carbonyl (C=O) groups excluding carboxylic acids is 1. The van der Waals surface area contributed by atoms with E-state index in [1.165, 1.54) is 0 Å². The Kier molecular flexibility index (Phi) is 2.99. The van der Waals surface area contributed by atoms with E-state index in [1.807, 2.05) is 6.08 Å². The van der Waals surface area contributed by atoms with Crippen molar-refractivity contribution in [1.82, 2.24) is 0 Å². The first kappa shape index (κ1) is 10.3. The second kappa shape index (κ2) is 3.50. The van der Waals surface area contributed by atoms with Gasteiger partial charge in [0.1, 0.15) is 0 Å². The third-order valence-corrected chi connectivity index (χ3v) is 2.71. The minimum Gasteiger partial charge on any atom is -0.550 e. The molecule has 3 nitrogen and oxygen atoms in total. The van der Waals surface area contributed by atoms with Crippen molar-refractivity contribution in [3.05, 3.63) is 12.2 Å². The first-order valence-corrected chi connectivity index (χ1v) is 3.77. The molecule has 0 saturated heterocycles. The molecule has 0 amide bonds. The van der Waals surface area contributed by atoms with Gasteiger partial charge in [-0.25, -0.2) is 0 Å². The molecule has 2 rings (SSSR count). The fourth-order valence-corrected chi connectivity index (χ4v) is 2.08. The van der Waals surface area contributed by atoms with E-state index in [-0.39, 0.29) is 41.4 Å². The zero-order valence-electron chi connectivity index (χ0n) is 6.93. The van der Waals surface area contributed by atoms with Crippen molar-refractivity contribution in [2.24, 2.45) is 17.8 Å². The summed E-state index contributed by atoms with van der Waals surface area (Å²) in [6, 6.07) is 0. The molecule has 0 aromatic heterocycles. The van der Waals surface area contributed by atoms with E-state index in [9.17, 15) is 15.0 Å². The van der Waals surface area contributed by atoms with Crippen LogP contribution in [0.4, 0.5) is 0 Å². The van der Waals surface area contributed by atoms with Crippen LogP contribution in [0.15, 0.2) is 12.2 Å². The van der Waals surface area contributed by atoms with Gasteiger partial charge in [0.05, 0.1) is 6.10 Å². The average molecular weight is 176 g/mol. The van der Waals surface area contributed by atoms with Gasteiger partial charge in [-0.05, 0) is 6.42 Å². The SMILES string of the molecule is O=C([O-])[C@H]1C[C@H]2C=C[C@@H]1[C@@H]2O.[Na+].